The number of carbonyl (C=O) groups excluding carboxylic acids is 1. The first-order valence-electron chi connectivity index (χ1n) is 7.49. The number of benzene rings is 1. The molecule has 0 spiro atoms. The molecule has 2 rings (SSSR count). The standard InChI is InChI=1S/C17H23N3O2/c1-17(2,3)20-9-7-19(8-10-20)14-5-6-15(16(21)22-4)13(11-14)12-18/h5-6,11H,7-10H2,1-4H3. The van der Waals surface area contributed by atoms with Crippen LogP contribution in [0.15, 0.2) is 18.2 Å². The number of hydrogen-bond donors (Lipinski definition) is 0. The lowest BCUT2D eigenvalue weighted by Crippen LogP contribution is -2.53. The van der Waals surface area contributed by atoms with Crippen molar-refractivity contribution in [3.05, 3.63) is 29.3 Å². The highest BCUT2D eigenvalue weighted by molar-refractivity contribution is 5.92. The predicted octanol–water partition coefficient (Wildman–Crippen LogP) is 2.27. The molecule has 118 valence electrons. The Labute approximate surface area is 132 Å². The molecule has 1 aliphatic heterocycles. The Bertz CT molecular complexity index is 591. The van der Waals surface area contributed by atoms with E-state index < -0.39 is 5.97 Å². The van der Waals surface area contributed by atoms with E-state index in [1.807, 2.05) is 6.07 Å². The summed E-state index contributed by atoms with van der Waals surface area (Å²) in [6.45, 7) is 10.5. The first-order valence-corrected chi connectivity index (χ1v) is 7.49. The number of carbonyl (C=O) groups is 1. The summed E-state index contributed by atoms with van der Waals surface area (Å²) in [6, 6.07) is 7.43. The molecule has 0 N–H and O–H groups in total. The first-order chi connectivity index (χ1) is 10.4. The van der Waals surface area contributed by atoms with Crippen LogP contribution >= 0.6 is 0 Å². The molecule has 0 aromatic heterocycles. The van der Waals surface area contributed by atoms with Crippen LogP contribution in [0.2, 0.25) is 0 Å². The minimum atomic E-state index is -0.472. The van der Waals surface area contributed by atoms with Crippen LogP contribution in [0.5, 0.6) is 0 Å². The molecule has 5 nitrogen and oxygen atoms in total. The molecule has 1 saturated heterocycles. The number of nitriles is 1. The second-order valence-electron chi connectivity index (χ2n) is 6.48. The number of piperazine rings is 1. The van der Waals surface area contributed by atoms with Crippen LogP contribution in [0.25, 0.3) is 0 Å². The molecular formula is C17H23N3O2. The van der Waals surface area contributed by atoms with Gasteiger partial charge in [0.1, 0.15) is 6.07 Å². The van der Waals surface area contributed by atoms with E-state index in [2.05, 4.69) is 36.6 Å². The van der Waals surface area contributed by atoms with E-state index in [0.29, 0.717) is 11.1 Å². The van der Waals surface area contributed by atoms with E-state index in [1.54, 1.807) is 12.1 Å². The Hall–Kier alpha value is -2.06. The Morgan fingerprint density at radius 3 is 2.36 bits per heavy atom. The monoisotopic (exact) mass is 301 g/mol. The maximum absolute atomic E-state index is 11.6. The van der Waals surface area contributed by atoms with E-state index in [4.69, 9.17) is 4.74 Å². The van der Waals surface area contributed by atoms with Gasteiger partial charge in [-0.15, -0.1) is 0 Å². The van der Waals surface area contributed by atoms with E-state index >= 15 is 0 Å². The van der Waals surface area contributed by atoms with E-state index in [0.717, 1.165) is 31.9 Å². The minimum Gasteiger partial charge on any atom is -0.465 e. The van der Waals surface area contributed by atoms with Crippen molar-refractivity contribution >= 4 is 11.7 Å². The van der Waals surface area contributed by atoms with E-state index in [9.17, 15) is 10.1 Å². The second kappa shape index (κ2) is 6.37. The SMILES string of the molecule is COC(=O)c1ccc(N2CCN(C(C)(C)C)CC2)cc1C#N. The van der Waals surface area contributed by atoms with Gasteiger partial charge in [0.15, 0.2) is 0 Å². The van der Waals surface area contributed by atoms with Crippen LogP contribution in [0, 0.1) is 11.3 Å². The van der Waals surface area contributed by atoms with Gasteiger partial charge in [-0.2, -0.15) is 5.26 Å². The van der Waals surface area contributed by atoms with Crippen LogP contribution in [0.4, 0.5) is 5.69 Å². The maximum atomic E-state index is 11.6. The average molecular weight is 301 g/mol. The van der Waals surface area contributed by atoms with Crippen LogP contribution in [-0.2, 0) is 4.74 Å². The molecule has 1 aliphatic rings. The fraction of sp³-hybridized carbons (Fsp3) is 0.529. The van der Waals surface area contributed by atoms with Gasteiger partial charge < -0.3 is 9.64 Å². The van der Waals surface area contributed by atoms with E-state index in [-0.39, 0.29) is 5.54 Å². The summed E-state index contributed by atoms with van der Waals surface area (Å²) in [7, 11) is 1.32. The molecule has 1 heterocycles. The Morgan fingerprint density at radius 1 is 1.23 bits per heavy atom. The number of esters is 1. The lowest BCUT2D eigenvalue weighted by atomic mass is 10.0. The molecule has 0 atom stereocenters. The quantitative estimate of drug-likeness (QED) is 0.784. The third-order valence-electron chi connectivity index (χ3n) is 4.12. The number of hydrogen-bond acceptors (Lipinski definition) is 5. The molecule has 0 aliphatic carbocycles. The van der Waals surface area contributed by atoms with Crippen LogP contribution < -0.4 is 4.90 Å². The lowest BCUT2D eigenvalue weighted by molar-refractivity contribution is 0.0600. The van der Waals surface area contributed by atoms with Gasteiger partial charge in [-0.1, -0.05) is 0 Å². The van der Waals surface area contributed by atoms with Crippen molar-refractivity contribution in [2.24, 2.45) is 0 Å². The van der Waals surface area contributed by atoms with Gasteiger partial charge in [0.05, 0.1) is 18.2 Å². The molecular weight excluding hydrogens is 278 g/mol. The van der Waals surface area contributed by atoms with Gasteiger partial charge in [-0.3, -0.25) is 4.90 Å². The fourth-order valence-corrected chi connectivity index (χ4v) is 2.74. The van der Waals surface area contributed by atoms with Crippen molar-refractivity contribution in [2.75, 3.05) is 38.2 Å². The van der Waals surface area contributed by atoms with Crippen molar-refractivity contribution < 1.29 is 9.53 Å². The highest BCUT2D eigenvalue weighted by Crippen LogP contribution is 2.23. The fourth-order valence-electron chi connectivity index (χ4n) is 2.74. The largest absolute Gasteiger partial charge is 0.465 e. The predicted molar refractivity (Wildman–Crippen MR) is 86.0 cm³/mol. The van der Waals surface area contributed by atoms with Gasteiger partial charge in [0.2, 0.25) is 0 Å². The summed E-state index contributed by atoms with van der Waals surface area (Å²) in [4.78, 5) is 16.4. The van der Waals surface area contributed by atoms with Crippen LogP contribution in [0.1, 0.15) is 36.7 Å². The summed E-state index contributed by atoms with van der Waals surface area (Å²) in [5.41, 5.74) is 1.85. The lowest BCUT2D eigenvalue weighted by Gasteiger charge is -2.43. The van der Waals surface area contributed by atoms with Crippen molar-refractivity contribution in [2.45, 2.75) is 26.3 Å². The molecule has 22 heavy (non-hydrogen) atoms. The zero-order valence-electron chi connectivity index (χ0n) is 13.7. The zero-order chi connectivity index (χ0) is 16.3. The summed E-state index contributed by atoms with van der Waals surface area (Å²) >= 11 is 0. The minimum absolute atomic E-state index is 0.179. The van der Waals surface area contributed by atoms with Crippen molar-refractivity contribution in [3.8, 4) is 6.07 Å². The molecule has 1 aromatic rings. The molecule has 0 amide bonds. The smallest absolute Gasteiger partial charge is 0.339 e. The highest BCUT2D eigenvalue weighted by atomic mass is 16.5. The Balaban J connectivity index is 2.15. The number of nitrogens with zero attached hydrogens (tertiary/aromatic N) is 3. The normalized spacial score (nSPS) is 16.2. The number of rotatable bonds is 2. The molecule has 0 bridgehead atoms. The van der Waals surface area contributed by atoms with Gasteiger partial charge in [0.25, 0.3) is 0 Å². The van der Waals surface area contributed by atoms with Crippen molar-refractivity contribution in [1.82, 2.24) is 4.90 Å². The van der Waals surface area contributed by atoms with Crippen LogP contribution in [-0.4, -0.2) is 49.7 Å². The summed E-state index contributed by atoms with van der Waals surface area (Å²) in [5, 5.41) is 9.25. The summed E-state index contributed by atoms with van der Waals surface area (Å²) < 4.78 is 4.71. The molecule has 1 fully saturated rings. The Morgan fingerprint density at radius 2 is 1.86 bits per heavy atom. The average Bonchev–Trinajstić information content (AvgIpc) is 2.52. The van der Waals surface area contributed by atoms with Crippen molar-refractivity contribution in [3.63, 3.8) is 0 Å². The topological polar surface area (TPSA) is 56.6 Å². The third-order valence-corrected chi connectivity index (χ3v) is 4.12. The zero-order valence-corrected chi connectivity index (χ0v) is 13.7. The third kappa shape index (κ3) is 3.40. The molecule has 5 heteroatoms. The van der Waals surface area contributed by atoms with Gasteiger partial charge in [0, 0.05) is 37.4 Å². The molecule has 0 unspecified atom stereocenters. The van der Waals surface area contributed by atoms with Crippen molar-refractivity contribution in [1.29, 1.82) is 5.26 Å². The number of anilines is 1. The number of methoxy groups -OCH3 is 1. The van der Waals surface area contributed by atoms with Gasteiger partial charge in [-0.05, 0) is 39.0 Å². The molecule has 0 saturated carbocycles. The maximum Gasteiger partial charge on any atom is 0.339 e. The van der Waals surface area contributed by atoms with Gasteiger partial charge >= 0.3 is 5.97 Å². The summed E-state index contributed by atoms with van der Waals surface area (Å²) in [6.07, 6.45) is 0. The Kier molecular flexibility index (Phi) is 4.72. The van der Waals surface area contributed by atoms with E-state index in [1.165, 1.54) is 7.11 Å². The van der Waals surface area contributed by atoms with Gasteiger partial charge in [-0.25, -0.2) is 4.79 Å². The molecule has 0 radical (unpaired) electrons. The first kappa shape index (κ1) is 16.3. The second-order valence-corrected chi connectivity index (χ2v) is 6.48. The van der Waals surface area contributed by atoms with Crippen LogP contribution in [0.3, 0.4) is 0 Å². The molecule has 1 aromatic carbocycles. The summed E-state index contributed by atoms with van der Waals surface area (Å²) in [5.74, 6) is -0.472. The highest BCUT2D eigenvalue weighted by Gasteiger charge is 2.26. The number of ether oxygens (including phenoxy) is 1.